The van der Waals surface area contributed by atoms with Crippen molar-refractivity contribution in [3.05, 3.63) is 203 Å². The topological polar surface area (TPSA) is 50.5 Å². The van der Waals surface area contributed by atoms with Gasteiger partial charge < -0.3 is 0 Å². The lowest BCUT2D eigenvalue weighted by molar-refractivity contribution is 1.24. The highest BCUT2D eigenvalue weighted by atomic mass is 32.1. The molecule has 2 aliphatic rings. The summed E-state index contributed by atoms with van der Waals surface area (Å²) >= 11 is 1.75. The maximum Gasteiger partial charge on any atom is 0.161 e. The summed E-state index contributed by atoms with van der Waals surface area (Å²) in [7, 11) is 0. The fourth-order valence-corrected chi connectivity index (χ4v) is 9.89. The van der Waals surface area contributed by atoms with Crippen LogP contribution in [0.25, 0.3) is 87.5 Å². The molecule has 4 heterocycles. The molecule has 8 aromatic carbocycles. The standard InChI is InChI=1S/C52H30N4S/c1-3-15-31(16-4-1)33-19-7-8-20-34(33)35-21-9-10-23-37(35)45-40(28-30-42-46(45)47-43(53-42)29-27-38-36-22-11-13-25-41(36)54-49(38)47)52-55-48(32-17-5-2-6-18-32)51-50(56-52)39-24-12-14-26-44(39)57-51/h1-30H. The average molecular weight is 743 g/mol. The Kier molecular flexibility index (Phi) is 7.06. The van der Waals surface area contributed by atoms with Gasteiger partial charge in [0.15, 0.2) is 5.82 Å². The first kappa shape index (κ1) is 32.0. The molecule has 2 aliphatic heterocycles. The van der Waals surface area contributed by atoms with Crippen LogP contribution < -0.4 is 10.7 Å². The Bertz CT molecular complexity index is 3520. The number of benzene rings is 8. The van der Waals surface area contributed by atoms with Crippen molar-refractivity contribution in [2.75, 3.05) is 0 Å². The van der Waals surface area contributed by atoms with E-state index in [1.807, 2.05) is 0 Å². The molecule has 0 N–H and O–H groups in total. The van der Waals surface area contributed by atoms with Crippen molar-refractivity contribution < 1.29 is 0 Å². The van der Waals surface area contributed by atoms with E-state index >= 15 is 0 Å². The summed E-state index contributed by atoms with van der Waals surface area (Å²) in [5.74, 6) is 0.676. The van der Waals surface area contributed by atoms with Crippen molar-refractivity contribution in [3.63, 3.8) is 0 Å². The van der Waals surface area contributed by atoms with Crippen molar-refractivity contribution in [1.29, 1.82) is 0 Å². The molecule has 12 rings (SSSR count). The molecule has 0 saturated carbocycles. The summed E-state index contributed by atoms with van der Waals surface area (Å²) < 4.78 is 2.28. The van der Waals surface area contributed by atoms with Crippen molar-refractivity contribution in [2.24, 2.45) is 9.98 Å². The lowest BCUT2D eigenvalue weighted by Crippen LogP contribution is -2.02. The van der Waals surface area contributed by atoms with Gasteiger partial charge in [-0.15, -0.1) is 11.3 Å². The maximum atomic E-state index is 5.52. The van der Waals surface area contributed by atoms with Gasteiger partial charge in [-0.3, -0.25) is 0 Å². The second-order valence-corrected chi connectivity index (χ2v) is 15.5. The van der Waals surface area contributed by atoms with E-state index in [1.54, 1.807) is 11.3 Å². The molecule has 10 aromatic rings. The molecule has 4 nitrogen and oxygen atoms in total. The predicted octanol–water partition coefficient (Wildman–Crippen LogP) is 12.7. The number of hydrogen-bond donors (Lipinski definition) is 0. The second-order valence-electron chi connectivity index (χ2n) is 14.5. The van der Waals surface area contributed by atoms with Crippen LogP contribution in [0.5, 0.6) is 0 Å². The zero-order chi connectivity index (χ0) is 37.5. The number of hydrogen-bond acceptors (Lipinski definition) is 5. The summed E-state index contributed by atoms with van der Waals surface area (Å²) in [5.41, 5.74) is 14.6. The smallest absolute Gasteiger partial charge is 0.161 e. The zero-order valence-corrected chi connectivity index (χ0v) is 31.3. The van der Waals surface area contributed by atoms with Crippen LogP contribution in [0.2, 0.25) is 0 Å². The number of nitrogens with zero attached hydrogens (tertiary/aromatic N) is 4. The molecular formula is C52H30N4S. The zero-order valence-electron chi connectivity index (χ0n) is 30.5. The first-order chi connectivity index (χ1) is 28.3. The van der Waals surface area contributed by atoms with E-state index in [2.05, 4.69) is 182 Å². The van der Waals surface area contributed by atoms with Gasteiger partial charge in [-0.05, 0) is 64.2 Å². The Morgan fingerprint density at radius 2 is 1.05 bits per heavy atom. The third-order valence-electron chi connectivity index (χ3n) is 11.3. The molecule has 57 heavy (non-hydrogen) atoms. The fourth-order valence-electron chi connectivity index (χ4n) is 8.73. The van der Waals surface area contributed by atoms with E-state index < -0.39 is 0 Å². The van der Waals surface area contributed by atoms with Gasteiger partial charge in [-0.25, -0.2) is 20.0 Å². The molecule has 0 spiro atoms. The molecule has 264 valence electrons. The van der Waals surface area contributed by atoms with Crippen LogP contribution in [-0.4, -0.2) is 9.97 Å². The monoisotopic (exact) mass is 742 g/mol. The Labute approximate surface area is 331 Å². The molecule has 5 heteroatoms. The van der Waals surface area contributed by atoms with Crippen LogP contribution in [0.1, 0.15) is 0 Å². The van der Waals surface area contributed by atoms with E-state index in [1.165, 1.54) is 15.8 Å². The first-order valence-corrected chi connectivity index (χ1v) is 20.0. The molecule has 0 amide bonds. The Hall–Kier alpha value is -7.34. The van der Waals surface area contributed by atoms with Crippen LogP contribution in [0.3, 0.4) is 0 Å². The molecule has 0 bridgehead atoms. The molecule has 0 fully saturated rings. The lowest BCUT2D eigenvalue weighted by Gasteiger charge is -2.20. The highest BCUT2D eigenvalue weighted by molar-refractivity contribution is 7.26. The van der Waals surface area contributed by atoms with E-state index in [9.17, 15) is 0 Å². The van der Waals surface area contributed by atoms with E-state index in [-0.39, 0.29) is 0 Å². The number of fused-ring (bicyclic) bond motifs is 9. The van der Waals surface area contributed by atoms with Gasteiger partial charge in [0, 0.05) is 48.3 Å². The second kappa shape index (κ2) is 12.6. The van der Waals surface area contributed by atoms with E-state index in [0.717, 1.165) is 98.3 Å². The summed E-state index contributed by atoms with van der Waals surface area (Å²) in [4.78, 5) is 21.6. The fraction of sp³-hybridized carbons (Fsp3) is 0. The highest BCUT2D eigenvalue weighted by Crippen LogP contribution is 2.52. The van der Waals surface area contributed by atoms with Gasteiger partial charge in [-0.1, -0.05) is 146 Å². The number of rotatable bonds is 5. The minimum Gasteiger partial charge on any atom is -0.248 e. The Morgan fingerprint density at radius 1 is 0.386 bits per heavy atom. The van der Waals surface area contributed by atoms with Gasteiger partial charge in [0.25, 0.3) is 0 Å². The van der Waals surface area contributed by atoms with Crippen LogP contribution in [-0.2, 0) is 0 Å². The molecule has 0 radical (unpaired) electrons. The van der Waals surface area contributed by atoms with Crippen molar-refractivity contribution in [1.82, 2.24) is 9.97 Å². The van der Waals surface area contributed by atoms with Gasteiger partial charge in [0.1, 0.15) is 0 Å². The lowest BCUT2D eigenvalue weighted by atomic mass is 9.83. The van der Waals surface area contributed by atoms with Crippen LogP contribution in [0.15, 0.2) is 192 Å². The van der Waals surface area contributed by atoms with Crippen LogP contribution in [0, 0.1) is 10.4 Å². The minimum absolute atomic E-state index is 0.676. The van der Waals surface area contributed by atoms with E-state index in [0.29, 0.717) is 5.82 Å². The highest BCUT2D eigenvalue weighted by Gasteiger charge is 2.29. The summed E-state index contributed by atoms with van der Waals surface area (Å²) in [5, 5.41) is 5.30. The SMILES string of the molecule is c1ccc(-c2ccccc2-c2ccccc2-c2c(-c3nc(-c4ccccc4)c4sc5ccccc5c4n3)ccc3c2-c2c4c(ccc2=N3)=c2ccccc2=N4)cc1. The van der Waals surface area contributed by atoms with E-state index in [4.69, 9.17) is 20.0 Å². The summed E-state index contributed by atoms with van der Waals surface area (Å²) in [6.07, 6.45) is 0. The van der Waals surface area contributed by atoms with Crippen molar-refractivity contribution in [3.8, 4) is 67.2 Å². The minimum atomic E-state index is 0.676. The number of para-hydroxylation sites is 1. The Morgan fingerprint density at radius 3 is 1.88 bits per heavy atom. The normalized spacial score (nSPS) is 12.1. The van der Waals surface area contributed by atoms with Crippen LogP contribution in [0.4, 0.5) is 11.4 Å². The quantitative estimate of drug-likeness (QED) is 0.176. The van der Waals surface area contributed by atoms with Crippen molar-refractivity contribution >= 4 is 43.0 Å². The first-order valence-electron chi connectivity index (χ1n) is 19.1. The predicted molar refractivity (Wildman–Crippen MR) is 233 cm³/mol. The number of aromatic nitrogens is 2. The van der Waals surface area contributed by atoms with Crippen molar-refractivity contribution in [2.45, 2.75) is 0 Å². The molecule has 0 atom stereocenters. The van der Waals surface area contributed by atoms with Gasteiger partial charge >= 0.3 is 0 Å². The third kappa shape index (κ3) is 4.93. The molecule has 2 aromatic heterocycles. The molecule has 0 aliphatic carbocycles. The largest absolute Gasteiger partial charge is 0.248 e. The third-order valence-corrected chi connectivity index (χ3v) is 12.4. The maximum absolute atomic E-state index is 5.52. The van der Waals surface area contributed by atoms with Gasteiger partial charge in [0.2, 0.25) is 0 Å². The van der Waals surface area contributed by atoms with Gasteiger partial charge in [-0.2, -0.15) is 0 Å². The molecule has 0 saturated heterocycles. The van der Waals surface area contributed by atoms with Crippen LogP contribution >= 0.6 is 11.3 Å². The Balaban J connectivity index is 1.21. The van der Waals surface area contributed by atoms with Gasteiger partial charge in [0.05, 0.1) is 38.0 Å². The molecule has 0 unspecified atom stereocenters. The summed E-state index contributed by atoms with van der Waals surface area (Å²) in [6, 6.07) is 64.2. The molecular weight excluding hydrogens is 713 g/mol. The average Bonchev–Trinajstić information content (AvgIpc) is 3.98. The number of thiophene rings is 1. The summed E-state index contributed by atoms with van der Waals surface area (Å²) in [6.45, 7) is 0.